The molecule has 0 amide bonds. The van der Waals surface area contributed by atoms with Gasteiger partial charge in [-0.2, -0.15) is 0 Å². The Morgan fingerprint density at radius 2 is 2.00 bits per heavy atom. The molecular formula is C11H20N2O2S2. The molecule has 0 aromatic rings. The zero-order chi connectivity index (χ0) is 12.5. The Hall–Kier alpha value is -0.230. The molecule has 4 nitrogen and oxygen atoms in total. The lowest BCUT2D eigenvalue weighted by molar-refractivity contribution is 0.444. The molecule has 0 aromatic carbocycles. The summed E-state index contributed by atoms with van der Waals surface area (Å²) < 4.78 is 22.6. The Labute approximate surface area is 108 Å². The zero-order valence-corrected chi connectivity index (χ0v) is 12.0. The van der Waals surface area contributed by atoms with E-state index in [9.17, 15) is 8.42 Å². The van der Waals surface area contributed by atoms with Crippen LogP contribution in [0.1, 0.15) is 33.1 Å². The number of amidine groups is 1. The van der Waals surface area contributed by atoms with E-state index >= 15 is 0 Å². The predicted octanol–water partition coefficient (Wildman–Crippen LogP) is 1.42. The maximum absolute atomic E-state index is 11.3. The number of nitrogens with one attached hydrogen (secondary N) is 1. The summed E-state index contributed by atoms with van der Waals surface area (Å²) in [6.07, 6.45) is 2.48. The summed E-state index contributed by atoms with van der Waals surface area (Å²) in [4.78, 5) is 4.66. The summed E-state index contributed by atoms with van der Waals surface area (Å²) in [6.45, 7) is 4.35. The average Bonchev–Trinajstić information content (AvgIpc) is 2.20. The fourth-order valence-electron chi connectivity index (χ4n) is 2.03. The summed E-state index contributed by atoms with van der Waals surface area (Å²) >= 11 is 1.75. The first kappa shape index (κ1) is 13.2. The van der Waals surface area contributed by atoms with Crippen LogP contribution < -0.4 is 5.32 Å². The van der Waals surface area contributed by atoms with Gasteiger partial charge in [-0.1, -0.05) is 11.8 Å². The Morgan fingerprint density at radius 3 is 2.59 bits per heavy atom. The Bertz CT molecular complexity index is 401. The zero-order valence-electron chi connectivity index (χ0n) is 10.4. The SMILES string of the molecule is CC1(C)CCSC(=NC2CCS(=O)(=O)CC2)N1. The lowest BCUT2D eigenvalue weighted by Crippen LogP contribution is -2.46. The van der Waals surface area contributed by atoms with Crippen LogP contribution in [-0.2, 0) is 9.84 Å². The van der Waals surface area contributed by atoms with Crippen molar-refractivity contribution in [2.24, 2.45) is 4.99 Å². The molecule has 0 atom stereocenters. The third kappa shape index (κ3) is 3.88. The highest BCUT2D eigenvalue weighted by Gasteiger charge is 2.27. The molecular weight excluding hydrogens is 256 g/mol. The van der Waals surface area contributed by atoms with E-state index in [4.69, 9.17) is 0 Å². The lowest BCUT2D eigenvalue weighted by Gasteiger charge is -2.33. The van der Waals surface area contributed by atoms with Crippen LogP contribution in [0.2, 0.25) is 0 Å². The van der Waals surface area contributed by atoms with E-state index in [2.05, 4.69) is 24.2 Å². The molecule has 6 heteroatoms. The smallest absolute Gasteiger partial charge is 0.157 e. The van der Waals surface area contributed by atoms with Gasteiger partial charge in [-0.25, -0.2) is 8.42 Å². The highest BCUT2D eigenvalue weighted by Crippen LogP contribution is 2.23. The monoisotopic (exact) mass is 276 g/mol. The lowest BCUT2D eigenvalue weighted by atomic mass is 10.0. The second-order valence-corrected chi connectivity index (χ2v) is 8.81. The molecule has 0 saturated carbocycles. The summed E-state index contributed by atoms with van der Waals surface area (Å²) in [7, 11) is -2.78. The van der Waals surface area contributed by atoms with Gasteiger partial charge in [0, 0.05) is 11.3 Å². The fourth-order valence-corrected chi connectivity index (χ4v) is 4.88. The van der Waals surface area contributed by atoms with Crippen LogP contribution in [0.25, 0.3) is 0 Å². The van der Waals surface area contributed by atoms with Gasteiger partial charge in [0.05, 0.1) is 17.5 Å². The number of rotatable bonds is 1. The van der Waals surface area contributed by atoms with E-state index in [0.717, 1.165) is 17.3 Å². The molecule has 0 unspecified atom stereocenters. The maximum atomic E-state index is 11.3. The minimum atomic E-state index is -2.78. The summed E-state index contributed by atoms with van der Waals surface area (Å²) in [6, 6.07) is 0.183. The quantitative estimate of drug-likeness (QED) is 0.787. The highest BCUT2D eigenvalue weighted by atomic mass is 32.2. The third-order valence-electron chi connectivity index (χ3n) is 3.24. The summed E-state index contributed by atoms with van der Waals surface area (Å²) in [5.74, 6) is 1.68. The second-order valence-electron chi connectivity index (χ2n) is 5.42. The van der Waals surface area contributed by atoms with Gasteiger partial charge in [0.15, 0.2) is 5.17 Å². The van der Waals surface area contributed by atoms with Crippen LogP contribution in [0.15, 0.2) is 4.99 Å². The summed E-state index contributed by atoms with van der Waals surface area (Å²) in [5, 5.41) is 4.42. The normalized spacial score (nSPS) is 31.1. The highest BCUT2D eigenvalue weighted by molar-refractivity contribution is 8.13. The number of hydrogen-bond donors (Lipinski definition) is 1. The molecule has 0 aliphatic carbocycles. The van der Waals surface area contributed by atoms with Crippen LogP contribution in [0.5, 0.6) is 0 Å². The first-order valence-electron chi connectivity index (χ1n) is 6.06. The van der Waals surface area contributed by atoms with Crippen LogP contribution in [0.3, 0.4) is 0 Å². The Kier molecular flexibility index (Phi) is 3.73. The minimum Gasteiger partial charge on any atom is -0.360 e. The maximum Gasteiger partial charge on any atom is 0.157 e. The molecule has 0 bridgehead atoms. The molecule has 17 heavy (non-hydrogen) atoms. The van der Waals surface area contributed by atoms with Crippen molar-refractivity contribution in [1.82, 2.24) is 5.32 Å². The van der Waals surface area contributed by atoms with Gasteiger partial charge in [0.2, 0.25) is 0 Å². The molecule has 2 fully saturated rings. The number of nitrogens with zero attached hydrogens (tertiary/aromatic N) is 1. The molecule has 1 N–H and O–H groups in total. The molecule has 2 aliphatic rings. The predicted molar refractivity (Wildman–Crippen MR) is 73.4 cm³/mol. The van der Waals surface area contributed by atoms with Crippen molar-refractivity contribution in [2.75, 3.05) is 17.3 Å². The molecule has 0 spiro atoms. The fraction of sp³-hybridized carbons (Fsp3) is 0.909. The Balaban J connectivity index is 1.96. The van der Waals surface area contributed by atoms with Crippen LogP contribution >= 0.6 is 11.8 Å². The van der Waals surface area contributed by atoms with Gasteiger partial charge in [0.25, 0.3) is 0 Å². The largest absolute Gasteiger partial charge is 0.360 e. The minimum absolute atomic E-state index is 0.116. The van der Waals surface area contributed by atoms with E-state index in [1.807, 2.05) is 0 Å². The topological polar surface area (TPSA) is 58.5 Å². The van der Waals surface area contributed by atoms with E-state index < -0.39 is 9.84 Å². The van der Waals surface area contributed by atoms with Crippen molar-refractivity contribution in [3.8, 4) is 0 Å². The summed E-state index contributed by atoms with van der Waals surface area (Å²) in [5.41, 5.74) is 0.116. The molecule has 98 valence electrons. The average molecular weight is 276 g/mol. The number of aliphatic imine (C=N–C) groups is 1. The molecule has 2 saturated heterocycles. The van der Waals surface area contributed by atoms with Crippen LogP contribution in [-0.4, -0.2) is 42.4 Å². The standard InChI is InChI=1S/C11H20N2O2S2/c1-11(2)5-6-16-10(13-11)12-9-3-7-17(14,15)8-4-9/h9H,3-8H2,1-2H3,(H,12,13). The van der Waals surface area contributed by atoms with Crippen molar-refractivity contribution in [2.45, 2.75) is 44.7 Å². The molecule has 0 radical (unpaired) electrons. The van der Waals surface area contributed by atoms with Crippen molar-refractivity contribution < 1.29 is 8.42 Å². The van der Waals surface area contributed by atoms with Crippen LogP contribution in [0.4, 0.5) is 0 Å². The molecule has 2 aliphatic heterocycles. The molecule has 2 rings (SSSR count). The van der Waals surface area contributed by atoms with Gasteiger partial charge in [-0.05, 0) is 33.1 Å². The Morgan fingerprint density at radius 1 is 1.35 bits per heavy atom. The van der Waals surface area contributed by atoms with E-state index in [1.54, 1.807) is 11.8 Å². The van der Waals surface area contributed by atoms with E-state index in [-0.39, 0.29) is 11.6 Å². The third-order valence-corrected chi connectivity index (χ3v) is 5.84. The van der Waals surface area contributed by atoms with Crippen molar-refractivity contribution in [3.05, 3.63) is 0 Å². The van der Waals surface area contributed by atoms with Gasteiger partial charge in [0.1, 0.15) is 9.84 Å². The second kappa shape index (κ2) is 4.80. The number of hydrogen-bond acceptors (Lipinski definition) is 4. The van der Waals surface area contributed by atoms with Gasteiger partial charge in [-0.15, -0.1) is 0 Å². The van der Waals surface area contributed by atoms with Crippen molar-refractivity contribution >= 4 is 26.8 Å². The number of sulfone groups is 1. The van der Waals surface area contributed by atoms with Gasteiger partial charge < -0.3 is 5.32 Å². The molecule has 0 aromatic heterocycles. The first-order valence-corrected chi connectivity index (χ1v) is 8.86. The van der Waals surface area contributed by atoms with Gasteiger partial charge in [-0.3, -0.25) is 4.99 Å². The van der Waals surface area contributed by atoms with Gasteiger partial charge >= 0.3 is 0 Å². The van der Waals surface area contributed by atoms with Crippen molar-refractivity contribution in [3.63, 3.8) is 0 Å². The van der Waals surface area contributed by atoms with Crippen LogP contribution in [0, 0.1) is 0 Å². The van der Waals surface area contributed by atoms with Crippen molar-refractivity contribution in [1.29, 1.82) is 0 Å². The molecule has 2 heterocycles. The van der Waals surface area contributed by atoms with E-state index in [0.29, 0.717) is 24.3 Å². The first-order chi connectivity index (χ1) is 7.86. The van der Waals surface area contributed by atoms with E-state index in [1.165, 1.54) is 0 Å². The number of thioether (sulfide) groups is 1.